The van der Waals surface area contributed by atoms with Crippen molar-refractivity contribution in [2.45, 2.75) is 25.6 Å². The average molecular weight is 433 g/mol. The fraction of sp³-hybridized carbons (Fsp3) is 0.360. The predicted octanol–water partition coefficient (Wildman–Crippen LogP) is 2.94. The highest BCUT2D eigenvalue weighted by Crippen LogP contribution is 2.44. The van der Waals surface area contributed by atoms with Crippen molar-refractivity contribution in [1.82, 2.24) is 14.8 Å². The number of hydrogen-bond donors (Lipinski definition) is 1. The Bertz CT molecular complexity index is 1190. The highest BCUT2D eigenvalue weighted by atomic mass is 16.5. The molecule has 3 heterocycles. The van der Waals surface area contributed by atoms with Crippen LogP contribution < -0.4 is 10.2 Å². The van der Waals surface area contributed by atoms with Gasteiger partial charge < -0.3 is 24.4 Å². The average Bonchev–Trinajstić information content (AvgIpc) is 3.14. The van der Waals surface area contributed by atoms with E-state index in [2.05, 4.69) is 40.0 Å². The van der Waals surface area contributed by atoms with Gasteiger partial charge in [-0.15, -0.1) is 0 Å². The maximum absolute atomic E-state index is 13.4. The van der Waals surface area contributed by atoms with Gasteiger partial charge in [-0.3, -0.25) is 9.59 Å². The zero-order chi connectivity index (χ0) is 22.2. The van der Waals surface area contributed by atoms with Gasteiger partial charge in [-0.1, -0.05) is 30.3 Å². The molecule has 2 aliphatic rings. The summed E-state index contributed by atoms with van der Waals surface area (Å²) in [6.45, 7) is 2.24. The molecule has 0 fully saturated rings. The number of carbonyl (C=O) groups is 2. The van der Waals surface area contributed by atoms with Crippen LogP contribution in [0.1, 0.15) is 34.2 Å². The normalized spacial score (nSPS) is 17.2. The summed E-state index contributed by atoms with van der Waals surface area (Å²) in [7, 11) is 3.67. The Morgan fingerprint density at radius 1 is 1.16 bits per heavy atom. The van der Waals surface area contributed by atoms with Crippen LogP contribution in [0.2, 0.25) is 0 Å². The van der Waals surface area contributed by atoms with Crippen molar-refractivity contribution in [3.05, 3.63) is 65.4 Å². The number of benzene rings is 2. The third-order valence-corrected chi connectivity index (χ3v) is 6.60. The highest BCUT2D eigenvalue weighted by Gasteiger charge is 2.42. The van der Waals surface area contributed by atoms with E-state index in [-0.39, 0.29) is 18.0 Å². The van der Waals surface area contributed by atoms with Gasteiger partial charge >= 0.3 is 0 Å². The predicted molar refractivity (Wildman–Crippen MR) is 124 cm³/mol. The molecule has 7 heteroatoms. The summed E-state index contributed by atoms with van der Waals surface area (Å²) in [5.74, 6) is 0.0723. The maximum Gasteiger partial charge on any atom is 0.257 e. The van der Waals surface area contributed by atoms with E-state index in [1.165, 1.54) is 10.9 Å². The first-order valence-corrected chi connectivity index (χ1v) is 11.1. The Balaban J connectivity index is 1.56. The number of methoxy groups -OCH3 is 1. The Kier molecular flexibility index (Phi) is 5.35. The first-order valence-electron chi connectivity index (χ1n) is 11.1. The van der Waals surface area contributed by atoms with E-state index >= 15 is 0 Å². The number of anilines is 1. The molecule has 0 radical (unpaired) electrons. The number of fused-ring (bicyclic) bond motifs is 6. The monoisotopic (exact) mass is 432 g/mol. The first-order chi connectivity index (χ1) is 15.6. The van der Waals surface area contributed by atoms with Crippen molar-refractivity contribution in [1.29, 1.82) is 0 Å². The van der Waals surface area contributed by atoms with Crippen molar-refractivity contribution in [2.75, 3.05) is 38.8 Å². The lowest BCUT2D eigenvalue weighted by Crippen LogP contribution is -2.51. The minimum Gasteiger partial charge on any atom is -0.383 e. The molecule has 2 amide bonds. The fourth-order valence-electron chi connectivity index (χ4n) is 5.14. The molecule has 3 aromatic rings. The molecule has 0 spiro atoms. The Hall–Kier alpha value is -3.32. The van der Waals surface area contributed by atoms with Gasteiger partial charge in [-0.05, 0) is 30.2 Å². The number of carbonyl (C=O) groups excluding carboxylic acids is 2. The lowest BCUT2D eigenvalue weighted by atomic mass is 9.96. The van der Waals surface area contributed by atoms with Crippen molar-refractivity contribution in [3.8, 4) is 0 Å². The molecule has 0 saturated heterocycles. The minimum absolute atomic E-state index is 0.000308. The van der Waals surface area contributed by atoms with Crippen LogP contribution >= 0.6 is 0 Å². The summed E-state index contributed by atoms with van der Waals surface area (Å²) >= 11 is 0. The van der Waals surface area contributed by atoms with E-state index in [4.69, 9.17) is 4.74 Å². The molecule has 2 aliphatic heterocycles. The van der Waals surface area contributed by atoms with Gasteiger partial charge in [-0.25, -0.2) is 0 Å². The van der Waals surface area contributed by atoms with Crippen molar-refractivity contribution >= 4 is 28.4 Å². The fourth-order valence-corrected chi connectivity index (χ4v) is 5.14. The van der Waals surface area contributed by atoms with E-state index in [0.717, 1.165) is 28.9 Å². The second-order valence-corrected chi connectivity index (χ2v) is 8.38. The SMILES string of the molecule is COCCNC(=O)CCn1c2c(c3ccccc31)CCN1C(=O)c3ccccc3N(C)C21. The van der Waals surface area contributed by atoms with Crippen molar-refractivity contribution in [2.24, 2.45) is 0 Å². The summed E-state index contributed by atoms with van der Waals surface area (Å²) in [5.41, 5.74) is 5.20. The smallest absolute Gasteiger partial charge is 0.257 e. The van der Waals surface area contributed by atoms with Crippen LogP contribution in [0.15, 0.2) is 48.5 Å². The first kappa shape index (κ1) is 20.6. The molecule has 2 aromatic carbocycles. The molecule has 32 heavy (non-hydrogen) atoms. The van der Waals surface area contributed by atoms with Crippen molar-refractivity contribution in [3.63, 3.8) is 0 Å². The molecule has 1 atom stereocenters. The summed E-state index contributed by atoms with van der Waals surface area (Å²) in [6.07, 6.45) is 0.988. The molecule has 1 N–H and O–H groups in total. The number of aromatic nitrogens is 1. The number of nitrogens with zero attached hydrogens (tertiary/aromatic N) is 3. The Labute approximate surface area is 187 Å². The van der Waals surface area contributed by atoms with Gasteiger partial charge in [0.05, 0.1) is 23.6 Å². The highest BCUT2D eigenvalue weighted by molar-refractivity contribution is 6.02. The van der Waals surface area contributed by atoms with Gasteiger partial charge in [0.25, 0.3) is 5.91 Å². The number of ether oxygens (including phenoxy) is 1. The number of rotatable bonds is 6. The van der Waals surface area contributed by atoms with Gasteiger partial charge in [-0.2, -0.15) is 0 Å². The number of hydrogen-bond acceptors (Lipinski definition) is 4. The van der Waals surface area contributed by atoms with Crippen molar-refractivity contribution < 1.29 is 14.3 Å². The molecule has 1 aromatic heterocycles. The zero-order valence-corrected chi connectivity index (χ0v) is 18.5. The Morgan fingerprint density at radius 2 is 1.94 bits per heavy atom. The summed E-state index contributed by atoms with van der Waals surface area (Å²) in [5, 5.41) is 4.12. The van der Waals surface area contributed by atoms with Crippen LogP contribution in [0, 0.1) is 0 Å². The summed E-state index contributed by atoms with van der Waals surface area (Å²) < 4.78 is 7.27. The zero-order valence-electron chi connectivity index (χ0n) is 18.5. The lowest BCUT2D eigenvalue weighted by molar-refractivity contribution is -0.121. The molecule has 5 rings (SSSR count). The lowest BCUT2D eigenvalue weighted by Gasteiger charge is -2.46. The molecular formula is C25H28N4O3. The molecule has 166 valence electrons. The number of aryl methyl sites for hydroxylation is 1. The van der Waals surface area contributed by atoms with Crippen LogP contribution in [0.25, 0.3) is 10.9 Å². The van der Waals surface area contributed by atoms with Gasteiger partial charge in [0, 0.05) is 51.1 Å². The summed E-state index contributed by atoms with van der Waals surface area (Å²) in [6, 6.07) is 16.2. The van der Waals surface area contributed by atoms with E-state index in [0.29, 0.717) is 32.7 Å². The molecule has 1 unspecified atom stereocenters. The van der Waals surface area contributed by atoms with E-state index < -0.39 is 0 Å². The minimum atomic E-state index is -0.190. The number of amides is 2. The maximum atomic E-state index is 13.4. The van der Waals surface area contributed by atoms with E-state index in [9.17, 15) is 9.59 Å². The van der Waals surface area contributed by atoms with Gasteiger partial charge in [0.2, 0.25) is 5.91 Å². The van der Waals surface area contributed by atoms with Crippen LogP contribution in [0.5, 0.6) is 0 Å². The third kappa shape index (κ3) is 3.24. The second kappa shape index (κ2) is 8.31. The van der Waals surface area contributed by atoms with Gasteiger partial charge in [0.1, 0.15) is 6.17 Å². The topological polar surface area (TPSA) is 66.8 Å². The molecule has 0 bridgehead atoms. The third-order valence-electron chi connectivity index (χ3n) is 6.60. The molecule has 0 saturated carbocycles. The van der Waals surface area contributed by atoms with Crippen LogP contribution in [-0.4, -0.2) is 55.1 Å². The Morgan fingerprint density at radius 3 is 2.78 bits per heavy atom. The number of nitrogens with one attached hydrogen (secondary N) is 1. The van der Waals surface area contributed by atoms with E-state index in [1.807, 2.05) is 35.2 Å². The molecular weight excluding hydrogens is 404 g/mol. The second-order valence-electron chi connectivity index (χ2n) is 8.38. The van der Waals surface area contributed by atoms with E-state index in [1.54, 1.807) is 7.11 Å². The van der Waals surface area contributed by atoms with Crippen LogP contribution in [0.3, 0.4) is 0 Å². The largest absolute Gasteiger partial charge is 0.383 e. The quantitative estimate of drug-likeness (QED) is 0.609. The van der Waals surface area contributed by atoms with Gasteiger partial charge in [0.15, 0.2) is 0 Å². The van der Waals surface area contributed by atoms with Crippen LogP contribution in [0.4, 0.5) is 5.69 Å². The standard InChI is InChI=1S/C25H28N4O3/c1-27-20-9-5-4-8-19(20)25(31)29-14-11-18-17-7-3-6-10-21(17)28(23(18)24(27)29)15-12-22(30)26-13-16-32-2/h3-10,24H,11-16H2,1-2H3,(H,26,30). The molecule has 7 nitrogen and oxygen atoms in total. The number of para-hydroxylation sites is 2. The summed E-state index contributed by atoms with van der Waals surface area (Å²) in [4.78, 5) is 30.0. The molecule has 0 aliphatic carbocycles. The van der Waals surface area contributed by atoms with Crippen LogP contribution in [-0.2, 0) is 22.5 Å².